The van der Waals surface area contributed by atoms with Gasteiger partial charge in [-0.3, -0.25) is 4.98 Å². The molecule has 0 radical (unpaired) electrons. The molecule has 0 spiro atoms. The van der Waals surface area contributed by atoms with E-state index in [4.69, 9.17) is 9.47 Å². The van der Waals surface area contributed by atoms with Crippen LogP contribution in [0.3, 0.4) is 0 Å². The third-order valence-electron chi connectivity index (χ3n) is 4.67. The molecule has 1 N–H and O–H groups in total. The van der Waals surface area contributed by atoms with Crippen LogP contribution >= 0.6 is 15.9 Å². The monoisotopic (exact) mass is 452 g/mol. The van der Waals surface area contributed by atoms with Gasteiger partial charge in [0, 0.05) is 28.9 Å². The minimum atomic E-state index is 0.435. The van der Waals surface area contributed by atoms with Crippen LogP contribution in [0.2, 0.25) is 0 Å². The van der Waals surface area contributed by atoms with Gasteiger partial charge >= 0.3 is 0 Å². The van der Waals surface area contributed by atoms with E-state index in [9.17, 15) is 5.21 Å². The number of hydrogen-bond acceptors (Lipinski definition) is 5. The van der Waals surface area contributed by atoms with Crippen LogP contribution in [-0.2, 0) is 6.42 Å². The molecule has 148 valence electrons. The summed E-state index contributed by atoms with van der Waals surface area (Å²) in [5, 5.41) is 12.9. The zero-order chi connectivity index (χ0) is 20.1. The van der Waals surface area contributed by atoms with Gasteiger partial charge in [0.1, 0.15) is 17.2 Å². The van der Waals surface area contributed by atoms with Crippen molar-refractivity contribution >= 4 is 21.6 Å². The van der Waals surface area contributed by atoms with Crippen LogP contribution in [0.15, 0.2) is 76.5 Å². The highest BCUT2D eigenvalue weighted by atomic mass is 79.9. The van der Waals surface area contributed by atoms with Crippen LogP contribution < -0.4 is 9.47 Å². The van der Waals surface area contributed by atoms with E-state index in [0.29, 0.717) is 23.8 Å². The van der Waals surface area contributed by atoms with Crippen molar-refractivity contribution in [2.24, 2.45) is 11.1 Å². The number of aromatic nitrogens is 1. The minimum absolute atomic E-state index is 0.435. The first-order valence-corrected chi connectivity index (χ1v) is 10.3. The van der Waals surface area contributed by atoms with Gasteiger partial charge in [0.25, 0.3) is 0 Å². The molecule has 0 atom stereocenters. The second kappa shape index (κ2) is 9.09. The summed E-state index contributed by atoms with van der Waals surface area (Å²) < 4.78 is 12.7. The molecular weight excluding hydrogens is 432 g/mol. The van der Waals surface area contributed by atoms with Gasteiger partial charge in [-0.05, 0) is 88.8 Å². The average molecular weight is 453 g/mol. The summed E-state index contributed by atoms with van der Waals surface area (Å²) in [4.78, 5) is 4.33. The van der Waals surface area contributed by atoms with E-state index >= 15 is 0 Å². The van der Waals surface area contributed by atoms with E-state index in [0.717, 1.165) is 33.8 Å². The number of nitrogens with zero attached hydrogens (tertiary/aromatic N) is 2. The summed E-state index contributed by atoms with van der Waals surface area (Å²) in [6.07, 6.45) is 4.69. The predicted octanol–water partition coefficient (Wildman–Crippen LogP) is 5.85. The van der Waals surface area contributed by atoms with Crippen LogP contribution in [0.25, 0.3) is 0 Å². The fourth-order valence-corrected chi connectivity index (χ4v) is 3.09. The summed E-state index contributed by atoms with van der Waals surface area (Å²) in [5.41, 5.74) is 2.18. The van der Waals surface area contributed by atoms with Crippen molar-refractivity contribution in [2.45, 2.75) is 19.3 Å². The van der Waals surface area contributed by atoms with E-state index in [2.05, 4.69) is 26.1 Å². The highest BCUT2D eigenvalue weighted by Crippen LogP contribution is 2.31. The molecule has 1 aliphatic rings. The standard InChI is InChI=1S/C23H21BrN2O3/c24-18-8-9-19(25-14-18)12-23(26-27)17-6-10-20(11-7-17)29-22-3-1-2-21(13-22)28-15-16-4-5-16/h1-3,6-11,13-14,16,27H,4-5,12,15H2. The molecule has 0 unspecified atom stereocenters. The van der Waals surface area contributed by atoms with Gasteiger partial charge in [-0.2, -0.15) is 0 Å². The molecule has 1 heterocycles. The second-order valence-corrected chi connectivity index (χ2v) is 7.96. The number of ether oxygens (including phenoxy) is 2. The van der Waals surface area contributed by atoms with Gasteiger partial charge < -0.3 is 14.7 Å². The lowest BCUT2D eigenvalue weighted by molar-refractivity contribution is 0.298. The molecule has 4 rings (SSSR count). The van der Waals surface area contributed by atoms with Crippen LogP contribution in [0.1, 0.15) is 24.1 Å². The normalized spacial score (nSPS) is 13.9. The lowest BCUT2D eigenvalue weighted by atomic mass is 10.1. The van der Waals surface area contributed by atoms with E-state index in [1.54, 1.807) is 6.20 Å². The van der Waals surface area contributed by atoms with Gasteiger partial charge in [-0.1, -0.05) is 11.2 Å². The minimum Gasteiger partial charge on any atom is -0.493 e. The van der Waals surface area contributed by atoms with Gasteiger partial charge in [0.05, 0.1) is 12.3 Å². The average Bonchev–Trinajstić information content (AvgIpc) is 3.57. The topological polar surface area (TPSA) is 63.9 Å². The fraction of sp³-hybridized carbons (Fsp3) is 0.217. The Morgan fingerprint density at radius 1 is 1.03 bits per heavy atom. The SMILES string of the molecule is ON=C(Cc1ccc(Br)cn1)c1ccc(Oc2cccc(OCC3CC3)c2)cc1. The Bertz CT molecular complexity index is 984. The first-order chi connectivity index (χ1) is 14.2. The highest BCUT2D eigenvalue weighted by molar-refractivity contribution is 9.10. The lowest BCUT2D eigenvalue weighted by Gasteiger charge is -2.10. The zero-order valence-corrected chi connectivity index (χ0v) is 17.4. The number of rotatable bonds is 8. The molecule has 0 saturated heterocycles. The van der Waals surface area contributed by atoms with Crippen molar-refractivity contribution in [3.05, 3.63) is 82.6 Å². The van der Waals surface area contributed by atoms with Crippen LogP contribution in [0.4, 0.5) is 0 Å². The third-order valence-corrected chi connectivity index (χ3v) is 5.14. The Labute approximate surface area is 178 Å². The zero-order valence-electron chi connectivity index (χ0n) is 15.8. The van der Waals surface area contributed by atoms with E-state index in [-0.39, 0.29) is 0 Å². The quantitative estimate of drug-likeness (QED) is 0.264. The van der Waals surface area contributed by atoms with Crippen molar-refractivity contribution < 1.29 is 14.7 Å². The predicted molar refractivity (Wildman–Crippen MR) is 115 cm³/mol. The Hall–Kier alpha value is -2.86. The maximum Gasteiger partial charge on any atom is 0.131 e. The molecular formula is C23H21BrN2O3. The molecule has 0 bridgehead atoms. The molecule has 1 fully saturated rings. The number of halogens is 1. The molecule has 1 aliphatic carbocycles. The lowest BCUT2D eigenvalue weighted by Crippen LogP contribution is -2.06. The summed E-state index contributed by atoms with van der Waals surface area (Å²) in [5.74, 6) is 2.96. The molecule has 1 saturated carbocycles. The molecule has 29 heavy (non-hydrogen) atoms. The smallest absolute Gasteiger partial charge is 0.131 e. The van der Waals surface area contributed by atoms with Crippen molar-refractivity contribution in [1.82, 2.24) is 4.98 Å². The molecule has 3 aromatic rings. The maximum atomic E-state index is 9.43. The summed E-state index contributed by atoms with van der Waals surface area (Å²) in [7, 11) is 0. The molecule has 0 aliphatic heterocycles. The second-order valence-electron chi connectivity index (χ2n) is 7.05. The summed E-state index contributed by atoms with van der Waals surface area (Å²) in [6, 6.07) is 18.9. The molecule has 0 amide bonds. The molecule has 2 aromatic carbocycles. The first kappa shape index (κ1) is 19.5. The largest absolute Gasteiger partial charge is 0.493 e. The van der Waals surface area contributed by atoms with Crippen molar-refractivity contribution in [1.29, 1.82) is 0 Å². The third kappa shape index (κ3) is 5.57. The maximum absolute atomic E-state index is 9.43. The van der Waals surface area contributed by atoms with E-state index < -0.39 is 0 Å². The van der Waals surface area contributed by atoms with Gasteiger partial charge in [-0.15, -0.1) is 0 Å². The Morgan fingerprint density at radius 2 is 1.83 bits per heavy atom. The number of hydrogen-bond donors (Lipinski definition) is 1. The van der Waals surface area contributed by atoms with Crippen LogP contribution in [-0.4, -0.2) is 22.5 Å². The Morgan fingerprint density at radius 3 is 2.52 bits per heavy atom. The molecule has 6 heteroatoms. The van der Waals surface area contributed by atoms with Crippen LogP contribution in [0.5, 0.6) is 17.2 Å². The Balaban J connectivity index is 1.40. The summed E-state index contributed by atoms with van der Waals surface area (Å²) >= 11 is 3.37. The van der Waals surface area contributed by atoms with Gasteiger partial charge in [0.15, 0.2) is 0 Å². The van der Waals surface area contributed by atoms with E-state index in [1.165, 1.54) is 12.8 Å². The first-order valence-electron chi connectivity index (χ1n) is 9.52. The van der Waals surface area contributed by atoms with Crippen LogP contribution in [0, 0.1) is 5.92 Å². The van der Waals surface area contributed by atoms with Gasteiger partial charge in [-0.25, -0.2) is 0 Å². The fourth-order valence-electron chi connectivity index (χ4n) is 2.86. The van der Waals surface area contributed by atoms with Crippen molar-refractivity contribution in [3.8, 4) is 17.2 Å². The van der Waals surface area contributed by atoms with Crippen molar-refractivity contribution in [3.63, 3.8) is 0 Å². The van der Waals surface area contributed by atoms with Gasteiger partial charge in [0.2, 0.25) is 0 Å². The highest BCUT2D eigenvalue weighted by Gasteiger charge is 2.21. The number of oxime groups is 1. The Kier molecular flexibility index (Phi) is 6.10. The van der Waals surface area contributed by atoms with E-state index in [1.807, 2.05) is 60.7 Å². The molecule has 1 aromatic heterocycles. The summed E-state index contributed by atoms with van der Waals surface area (Å²) in [6.45, 7) is 0.772. The molecule has 5 nitrogen and oxygen atoms in total. The van der Waals surface area contributed by atoms with Crippen molar-refractivity contribution in [2.75, 3.05) is 6.61 Å². The number of benzene rings is 2. The number of pyridine rings is 1.